The highest BCUT2D eigenvalue weighted by Crippen LogP contribution is 2.23. The van der Waals surface area contributed by atoms with Crippen molar-refractivity contribution in [3.05, 3.63) is 46.0 Å². The van der Waals surface area contributed by atoms with E-state index in [1.807, 2.05) is 6.07 Å². The maximum atomic E-state index is 13.2. The van der Waals surface area contributed by atoms with E-state index in [4.69, 9.17) is 12.2 Å². The Kier molecular flexibility index (Phi) is 2.96. The molecule has 1 aliphatic carbocycles. The molecule has 1 N–H and O–H groups in total. The third-order valence-corrected chi connectivity index (χ3v) is 3.64. The van der Waals surface area contributed by atoms with Crippen LogP contribution in [-0.2, 0) is 12.8 Å². The van der Waals surface area contributed by atoms with E-state index in [9.17, 15) is 4.39 Å². The van der Waals surface area contributed by atoms with E-state index in [0.29, 0.717) is 10.5 Å². The first kappa shape index (κ1) is 11.5. The van der Waals surface area contributed by atoms with Crippen LogP contribution in [0.4, 0.5) is 4.39 Å². The van der Waals surface area contributed by atoms with Crippen LogP contribution in [0.15, 0.2) is 24.3 Å². The number of aromatic amines is 1. The summed E-state index contributed by atoms with van der Waals surface area (Å²) in [5.41, 5.74) is 3.08. The van der Waals surface area contributed by atoms with Crippen molar-refractivity contribution < 1.29 is 4.39 Å². The van der Waals surface area contributed by atoms with Crippen molar-refractivity contribution in [3.8, 4) is 11.4 Å². The highest BCUT2D eigenvalue weighted by atomic mass is 32.1. The number of hydrogen-bond acceptors (Lipinski definition) is 2. The fourth-order valence-electron chi connectivity index (χ4n) is 2.39. The molecular formula is C14H13FN2S. The first-order valence-electron chi connectivity index (χ1n) is 6.12. The van der Waals surface area contributed by atoms with Crippen LogP contribution in [-0.4, -0.2) is 9.97 Å². The first-order valence-corrected chi connectivity index (χ1v) is 6.53. The predicted octanol–water partition coefficient (Wildman–Crippen LogP) is 3.82. The van der Waals surface area contributed by atoms with E-state index < -0.39 is 0 Å². The average Bonchev–Trinajstić information content (AvgIpc) is 2.39. The van der Waals surface area contributed by atoms with Gasteiger partial charge >= 0.3 is 0 Å². The third kappa shape index (κ3) is 2.08. The molecular weight excluding hydrogens is 247 g/mol. The molecule has 0 saturated heterocycles. The Morgan fingerprint density at radius 1 is 1.22 bits per heavy atom. The molecule has 1 aliphatic rings. The molecule has 2 nitrogen and oxygen atoms in total. The zero-order valence-electron chi connectivity index (χ0n) is 9.87. The van der Waals surface area contributed by atoms with Gasteiger partial charge in [-0.2, -0.15) is 0 Å². The van der Waals surface area contributed by atoms with Gasteiger partial charge < -0.3 is 4.98 Å². The van der Waals surface area contributed by atoms with Crippen LogP contribution in [0, 0.1) is 10.5 Å². The van der Waals surface area contributed by atoms with Crippen molar-refractivity contribution in [2.24, 2.45) is 0 Å². The number of aryl methyl sites for hydroxylation is 1. The molecule has 0 amide bonds. The van der Waals surface area contributed by atoms with Gasteiger partial charge in [-0.1, -0.05) is 24.4 Å². The van der Waals surface area contributed by atoms with Crippen LogP contribution in [0.5, 0.6) is 0 Å². The van der Waals surface area contributed by atoms with Gasteiger partial charge in [0, 0.05) is 16.8 Å². The molecule has 3 rings (SSSR count). The van der Waals surface area contributed by atoms with Gasteiger partial charge in [0.15, 0.2) is 0 Å². The Balaban J connectivity index is 2.14. The Morgan fingerprint density at radius 3 is 2.89 bits per heavy atom. The largest absolute Gasteiger partial charge is 0.343 e. The molecule has 4 heteroatoms. The summed E-state index contributed by atoms with van der Waals surface area (Å²) in [6.45, 7) is 0. The number of nitrogens with one attached hydrogen (secondary N) is 1. The molecule has 1 aromatic carbocycles. The van der Waals surface area contributed by atoms with Crippen LogP contribution in [0.2, 0.25) is 0 Å². The molecule has 0 unspecified atom stereocenters. The highest BCUT2D eigenvalue weighted by molar-refractivity contribution is 7.71. The lowest BCUT2D eigenvalue weighted by atomic mass is 9.97. The van der Waals surface area contributed by atoms with Crippen LogP contribution in [0.3, 0.4) is 0 Å². The maximum Gasteiger partial charge on any atom is 0.139 e. The lowest BCUT2D eigenvalue weighted by Gasteiger charge is -2.16. The van der Waals surface area contributed by atoms with Gasteiger partial charge in [-0.05, 0) is 37.8 Å². The van der Waals surface area contributed by atoms with Crippen LogP contribution >= 0.6 is 12.2 Å². The fourth-order valence-corrected chi connectivity index (χ4v) is 2.71. The lowest BCUT2D eigenvalue weighted by molar-refractivity contribution is 0.628. The van der Waals surface area contributed by atoms with E-state index in [1.54, 1.807) is 6.07 Å². The monoisotopic (exact) mass is 260 g/mol. The Bertz CT molecular complexity index is 648. The molecule has 0 aliphatic heterocycles. The number of H-pyrrole nitrogens is 1. The zero-order chi connectivity index (χ0) is 12.5. The third-order valence-electron chi connectivity index (χ3n) is 3.31. The molecule has 0 fully saturated rings. The number of aromatic nitrogens is 2. The van der Waals surface area contributed by atoms with E-state index in [2.05, 4.69) is 9.97 Å². The predicted molar refractivity (Wildman–Crippen MR) is 71.5 cm³/mol. The summed E-state index contributed by atoms with van der Waals surface area (Å²) in [7, 11) is 0. The summed E-state index contributed by atoms with van der Waals surface area (Å²) in [6, 6.07) is 6.42. The molecule has 0 radical (unpaired) electrons. The van der Waals surface area contributed by atoms with Gasteiger partial charge in [-0.15, -0.1) is 0 Å². The van der Waals surface area contributed by atoms with Gasteiger partial charge in [0.05, 0.1) is 0 Å². The smallest absolute Gasteiger partial charge is 0.139 e. The van der Waals surface area contributed by atoms with Gasteiger partial charge in [-0.3, -0.25) is 0 Å². The summed E-state index contributed by atoms with van der Waals surface area (Å²) >= 11 is 5.33. The van der Waals surface area contributed by atoms with Crippen molar-refractivity contribution in [2.75, 3.05) is 0 Å². The van der Waals surface area contributed by atoms with Crippen molar-refractivity contribution in [1.82, 2.24) is 9.97 Å². The number of nitrogens with zero attached hydrogens (tertiary/aromatic N) is 1. The number of halogens is 1. The summed E-state index contributed by atoms with van der Waals surface area (Å²) < 4.78 is 13.9. The molecule has 1 heterocycles. The van der Waals surface area contributed by atoms with Gasteiger partial charge in [0.2, 0.25) is 0 Å². The minimum absolute atomic E-state index is 0.258. The maximum absolute atomic E-state index is 13.2. The van der Waals surface area contributed by atoms with Gasteiger partial charge in [0.25, 0.3) is 0 Å². The average molecular weight is 260 g/mol. The van der Waals surface area contributed by atoms with Crippen molar-refractivity contribution in [2.45, 2.75) is 25.7 Å². The molecule has 92 valence electrons. The Labute approximate surface area is 110 Å². The number of benzene rings is 1. The molecule has 0 spiro atoms. The van der Waals surface area contributed by atoms with E-state index >= 15 is 0 Å². The second-order valence-corrected chi connectivity index (χ2v) is 4.95. The number of hydrogen-bond donors (Lipinski definition) is 1. The van der Waals surface area contributed by atoms with E-state index in [1.165, 1.54) is 30.7 Å². The number of fused-ring (bicyclic) bond motifs is 1. The minimum Gasteiger partial charge on any atom is -0.343 e. The second-order valence-electron chi connectivity index (χ2n) is 4.57. The summed E-state index contributed by atoms with van der Waals surface area (Å²) in [5.74, 6) is 0.409. The Hall–Kier alpha value is -1.55. The quantitative estimate of drug-likeness (QED) is 0.789. The molecule has 0 atom stereocenters. The number of rotatable bonds is 1. The molecule has 2 aromatic rings. The molecule has 0 bridgehead atoms. The molecule has 1 aromatic heterocycles. The highest BCUT2D eigenvalue weighted by Gasteiger charge is 2.14. The molecule has 0 saturated carbocycles. The zero-order valence-corrected chi connectivity index (χ0v) is 10.7. The minimum atomic E-state index is -0.258. The molecule has 18 heavy (non-hydrogen) atoms. The summed E-state index contributed by atoms with van der Waals surface area (Å²) in [4.78, 5) is 7.70. The standard InChI is InChI=1S/C14H13FN2S/c15-10-5-3-4-9(8-10)13-16-12-7-2-1-6-11(12)14(18)17-13/h3-5,8H,1-2,6-7H2,(H,16,17,18). The van der Waals surface area contributed by atoms with Crippen molar-refractivity contribution >= 4 is 12.2 Å². The van der Waals surface area contributed by atoms with Crippen LogP contribution in [0.1, 0.15) is 24.1 Å². The Morgan fingerprint density at radius 2 is 2.06 bits per heavy atom. The van der Waals surface area contributed by atoms with E-state index in [0.717, 1.165) is 24.0 Å². The summed E-state index contributed by atoms with van der Waals surface area (Å²) in [6.07, 6.45) is 4.35. The van der Waals surface area contributed by atoms with E-state index in [-0.39, 0.29) is 5.82 Å². The van der Waals surface area contributed by atoms with Crippen molar-refractivity contribution in [1.29, 1.82) is 0 Å². The summed E-state index contributed by atoms with van der Waals surface area (Å²) in [5, 5.41) is 0. The fraction of sp³-hybridized carbons (Fsp3) is 0.286. The second kappa shape index (κ2) is 4.61. The van der Waals surface area contributed by atoms with Crippen molar-refractivity contribution in [3.63, 3.8) is 0 Å². The van der Waals surface area contributed by atoms with Crippen LogP contribution in [0.25, 0.3) is 11.4 Å². The van der Waals surface area contributed by atoms with Gasteiger partial charge in [-0.25, -0.2) is 9.37 Å². The first-order chi connectivity index (χ1) is 8.74. The normalized spacial score (nSPS) is 14.3. The lowest BCUT2D eigenvalue weighted by Crippen LogP contribution is -2.08. The SMILES string of the molecule is Fc1cccc(-c2nc(=S)c3c([nH]2)CCCC3)c1. The topological polar surface area (TPSA) is 28.7 Å². The van der Waals surface area contributed by atoms with Crippen LogP contribution < -0.4 is 0 Å². The van der Waals surface area contributed by atoms with Gasteiger partial charge in [0.1, 0.15) is 16.3 Å².